The van der Waals surface area contributed by atoms with Gasteiger partial charge in [-0.2, -0.15) is 9.61 Å². The van der Waals surface area contributed by atoms with Crippen LogP contribution in [0.1, 0.15) is 10.4 Å². The second kappa shape index (κ2) is 7.73. The number of nitrogens with zero attached hydrogens (tertiary/aromatic N) is 4. The van der Waals surface area contributed by atoms with Crippen LogP contribution < -0.4 is 15.4 Å². The van der Waals surface area contributed by atoms with E-state index in [9.17, 15) is 4.79 Å². The summed E-state index contributed by atoms with van der Waals surface area (Å²) >= 11 is 0. The average molecular weight is 382 g/mol. The number of anilines is 3. The van der Waals surface area contributed by atoms with E-state index in [0.29, 0.717) is 49.1 Å². The van der Waals surface area contributed by atoms with Gasteiger partial charge in [-0.05, 0) is 18.2 Å². The van der Waals surface area contributed by atoms with Gasteiger partial charge < -0.3 is 25.0 Å². The second-order valence-electron chi connectivity index (χ2n) is 6.32. The van der Waals surface area contributed by atoms with Crippen molar-refractivity contribution in [3.8, 4) is 5.75 Å². The van der Waals surface area contributed by atoms with Crippen molar-refractivity contribution >= 4 is 28.9 Å². The maximum Gasteiger partial charge on any atom is 0.254 e. The number of carbonyl (C=O) groups is 1. The molecule has 2 N–H and O–H groups in total. The van der Waals surface area contributed by atoms with Gasteiger partial charge in [0, 0.05) is 37.8 Å². The fraction of sp³-hybridized carbons (Fsp3) is 0.316. The van der Waals surface area contributed by atoms with E-state index in [0.717, 1.165) is 11.5 Å². The van der Waals surface area contributed by atoms with Crippen LogP contribution >= 0.6 is 0 Å². The maximum atomic E-state index is 12.7. The first-order chi connectivity index (χ1) is 13.7. The number of fused-ring (bicyclic) bond motifs is 1. The standard InChI is InChI=1S/C19H22N6O3/c1-20-16-12-18(25-17(23-16)5-6-21-25)22-14-4-3-13(11-15(14)27-2)19(26)24-7-9-28-10-8-24/h3-6,11-12,22H,7-10H2,1-2H3,(H,20,23). The predicted octanol–water partition coefficient (Wildman–Crippen LogP) is 2.00. The molecule has 9 nitrogen and oxygen atoms in total. The van der Waals surface area contributed by atoms with Crippen molar-refractivity contribution in [2.75, 3.05) is 51.1 Å². The van der Waals surface area contributed by atoms with Gasteiger partial charge in [-0.3, -0.25) is 4.79 Å². The molecule has 0 aliphatic carbocycles. The molecule has 9 heteroatoms. The highest BCUT2D eigenvalue weighted by atomic mass is 16.5. The highest BCUT2D eigenvalue weighted by Gasteiger charge is 2.20. The van der Waals surface area contributed by atoms with Crippen molar-refractivity contribution in [3.05, 3.63) is 42.1 Å². The number of rotatable bonds is 5. The molecule has 0 radical (unpaired) electrons. The van der Waals surface area contributed by atoms with E-state index in [1.165, 1.54) is 0 Å². The van der Waals surface area contributed by atoms with Crippen LogP contribution in [0.5, 0.6) is 5.75 Å². The molecular weight excluding hydrogens is 360 g/mol. The molecule has 3 aromatic rings. The number of aromatic nitrogens is 3. The normalized spacial score (nSPS) is 14.1. The summed E-state index contributed by atoms with van der Waals surface area (Å²) in [6.45, 7) is 2.33. The number of amides is 1. The summed E-state index contributed by atoms with van der Waals surface area (Å²) in [5.74, 6) is 1.99. The van der Waals surface area contributed by atoms with Crippen molar-refractivity contribution in [1.29, 1.82) is 0 Å². The third-order valence-corrected chi connectivity index (χ3v) is 4.63. The highest BCUT2D eigenvalue weighted by molar-refractivity contribution is 5.95. The lowest BCUT2D eigenvalue weighted by Crippen LogP contribution is -2.40. The van der Waals surface area contributed by atoms with Crippen molar-refractivity contribution < 1.29 is 14.3 Å². The quantitative estimate of drug-likeness (QED) is 0.697. The Kier molecular flexibility index (Phi) is 4.98. The lowest BCUT2D eigenvalue weighted by Gasteiger charge is -2.27. The molecule has 1 aromatic carbocycles. The molecule has 0 saturated carbocycles. The molecule has 0 unspecified atom stereocenters. The fourth-order valence-corrected chi connectivity index (χ4v) is 3.14. The summed E-state index contributed by atoms with van der Waals surface area (Å²) < 4.78 is 12.5. The number of benzene rings is 1. The molecule has 28 heavy (non-hydrogen) atoms. The van der Waals surface area contributed by atoms with E-state index in [4.69, 9.17) is 9.47 Å². The first kappa shape index (κ1) is 18.1. The van der Waals surface area contributed by atoms with Crippen molar-refractivity contribution in [2.24, 2.45) is 0 Å². The Balaban J connectivity index is 1.64. The zero-order chi connectivity index (χ0) is 19.5. The Bertz CT molecular complexity index is 996. The smallest absolute Gasteiger partial charge is 0.254 e. The first-order valence-corrected chi connectivity index (χ1v) is 9.04. The molecule has 0 spiro atoms. The van der Waals surface area contributed by atoms with E-state index in [1.54, 1.807) is 34.9 Å². The van der Waals surface area contributed by atoms with Gasteiger partial charge in [0.2, 0.25) is 0 Å². The monoisotopic (exact) mass is 382 g/mol. The number of nitrogens with one attached hydrogen (secondary N) is 2. The third kappa shape index (κ3) is 3.44. The van der Waals surface area contributed by atoms with Crippen molar-refractivity contribution in [3.63, 3.8) is 0 Å². The van der Waals surface area contributed by atoms with Crippen LogP contribution in [0.2, 0.25) is 0 Å². The van der Waals surface area contributed by atoms with E-state index >= 15 is 0 Å². The van der Waals surface area contributed by atoms with E-state index in [-0.39, 0.29) is 5.91 Å². The summed E-state index contributed by atoms with van der Waals surface area (Å²) in [5, 5.41) is 10.7. The van der Waals surface area contributed by atoms with Gasteiger partial charge in [-0.25, -0.2) is 4.98 Å². The van der Waals surface area contributed by atoms with Crippen molar-refractivity contribution in [2.45, 2.75) is 0 Å². The lowest BCUT2D eigenvalue weighted by molar-refractivity contribution is 0.0302. The molecule has 2 aromatic heterocycles. The zero-order valence-electron chi connectivity index (χ0n) is 15.8. The number of hydrogen-bond acceptors (Lipinski definition) is 7. The molecule has 0 bridgehead atoms. The van der Waals surface area contributed by atoms with Crippen LogP contribution in [0, 0.1) is 0 Å². The Morgan fingerprint density at radius 2 is 2.04 bits per heavy atom. The molecule has 146 valence electrons. The van der Waals surface area contributed by atoms with Crippen LogP contribution in [0.15, 0.2) is 36.5 Å². The topological polar surface area (TPSA) is 93.0 Å². The van der Waals surface area contributed by atoms with Gasteiger partial charge in [0.25, 0.3) is 5.91 Å². The first-order valence-electron chi connectivity index (χ1n) is 9.04. The van der Waals surface area contributed by atoms with Crippen LogP contribution in [-0.2, 0) is 4.74 Å². The summed E-state index contributed by atoms with van der Waals surface area (Å²) in [6, 6.07) is 9.06. The minimum absolute atomic E-state index is 0.0241. The molecule has 1 fully saturated rings. The Morgan fingerprint density at radius 1 is 1.21 bits per heavy atom. The molecule has 1 saturated heterocycles. The Morgan fingerprint density at radius 3 is 2.79 bits per heavy atom. The largest absolute Gasteiger partial charge is 0.495 e. The average Bonchev–Trinajstić information content (AvgIpc) is 3.23. The summed E-state index contributed by atoms with van der Waals surface area (Å²) in [6.07, 6.45) is 1.69. The lowest BCUT2D eigenvalue weighted by atomic mass is 10.1. The number of methoxy groups -OCH3 is 1. The minimum atomic E-state index is -0.0241. The molecule has 3 heterocycles. The van der Waals surface area contributed by atoms with Gasteiger partial charge in [0.05, 0.1) is 32.2 Å². The molecule has 1 amide bonds. The molecule has 4 rings (SSSR count). The van der Waals surface area contributed by atoms with Gasteiger partial charge in [0.1, 0.15) is 17.4 Å². The summed E-state index contributed by atoms with van der Waals surface area (Å²) in [7, 11) is 3.39. The summed E-state index contributed by atoms with van der Waals surface area (Å²) in [5.41, 5.74) is 2.03. The highest BCUT2D eigenvalue weighted by Crippen LogP contribution is 2.30. The Hall–Kier alpha value is -3.33. The number of ether oxygens (including phenoxy) is 2. The van der Waals surface area contributed by atoms with Crippen LogP contribution in [0.3, 0.4) is 0 Å². The van der Waals surface area contributed by atoms with Gasteiger partial charge >= 0.3 is 0 Å². The molecule has 0 atom stereocenters. The molecule has 1 aliphatic heterocycles. The third-order valence-electron chi connectivity index (χ3n) is 4.63. The van der Waals surface area contributed by atoms with Gasteiger partial charge in [-0.15, -0.1) is 0 Å². The van der Waals surface area contributed by atoms with E-state index < -0.39 is 0 Å². The van der Waals surface area contributed by atoms with Crippen LogP contribution in [0.4, 0.5) is 17.3 Å². The second-order valence-corrected chi connectivity index (χ2v) is 6.32. The van der Waals surface area contributed by atoms with Gasteiger partial charge in [-0.1, -0.05) is 0 Å². The number of carbonyl (C=O) groups excluding carboxylic acids is 1. The SMILES string of the molecule is CNc1cc(Nc2ccc(C(=O)N3CCOCC3)cc2OC)n2nccc2n1. The molecular formula is C19H22N6O3. The summed E-state index contributed by atoms with van der Waals surface area (Å²) in [4.78, 5) is 19.0. The predicted molar refractivity (Wildman–Crippen MR) is 106 cm³/mol. The van der Waals surface area contributed by atoms with Crippen molar-refractivity contribution in [1.82, 2.24) is 19.5 Å². The molecule has 1 aliphatic rings. The number of morpholine rings is 1. The Labute approximate surface area is 162 Å². The zero-order valence-corrected chi connectivity index (χ0v) is 15.8. The van der Waals surface area contributed by atoms with Crippen LogP contribution in [-0.4, -0.2) is 65.9 Å². The van der Waals surface area contributed by atoms with Crippen LogP contribution in [0.25, 0.3) is 5.65 Å². The van der Waals surface area contributed by atoms with E-state index in [1.807, 2.05) is 25.2 Å². The number of hydrogen-bond donors (Lipinski definition) is 2. The fourth-order valence-electron chi connectivity index (χ4n) is 3.14. The van der Waals surface area contributed by atoms with E-state index in [2.05, 4.69) is 20.7 Å². The maximum absolute atomic E-state index is 12.7. The minimum Gasteiger partial charge on any atom is -0.495 e. The van der Waals surface area contributed by atoms with Gasteiger partial charge in [0.15, 0.2) is 5.65 Å².